The number of unbranched alkanes of at least 4 members (excludes halogenated alkanes) is 8. The number of benzene rings is 1. The van der Waals surface area contributed by atoms with E-state index in [9.17, 15) is 19.2 Å². The lowest BCUT2D eigenvalue weighted by Gasteiger charge is -2.21. The number of imidazole rings is 1. The van der Waals surface area contributed by atoms with Gasteiger partial charge in [-0.05, 0) is 52.2 Å². The lowest BCUT2D eigenvalue weighted by molar-refractivity contribution is -0.135. The van der Waals surface area contributed by atoms with Gasteiger partial charge in [0.05, 0.1) is 16.6 Å². The van der Waals surface area contributed by atoms with E-state index in [1.807, 2.05) is 39.0 Å². The second kappa shape index (κ2) is 14.0. The Morgan fingerprint density at radius 2 is 1.72 bits per heavy atom. The van der Waals surface area contributed by atoms with E-state index in [-0.39, 0.29) is 24.1 Å². The molecule has 2 N–H and O–H groups in total. The number of fused-ring (bicyclic) bond motifs is 1. The number of piperidine rings is 1. The fourth-order valence-corrected chi connectivity index (χ4v) is 4.83. The van der Waals surface area contributed by atoms with Crippen molar-refractivity contribution in [2.75, 3.05) is 6.54 Å². The van der Waals surface area contributed by atoms with Crippen LogP contribution in [0.25, 0.3) is 11.0 Å². The van der Waals surface area contributed by atoms with Crippen LogP contribution in [0.1, 0.15) is 103 Å². The standard InChI is InChI=1S/C30H42N4O5/c1-30(2,3)39-28(37)31-21-14-12-10-8-6-5-7-9-11-13-16-22-17-15-18-23-26(22)33(4)29(38)34(23)24-19-20-25(35)32-27(24)36/h15,17-18,24H,5-12,14,19-21H2,1-4H3,(H,31,37)(H,32,35,36). The molecule has 1 atom stereocenters. The summed E-state index contributed by atoms with van der Waals surface area (Å²) >= 11 is 0. The first-order chi connectivity index (χ1) is 18.6. The van der Waals surface area contributed by atoms with Crippen molar-refractivity contribution in [1.82, 2.24) is 19.8 Å². The van der Waals surface area contributed by atoms with Crippen molar-refractivity contribution in [3.8, 4) is 11.8 Å². The number of amides is 3. The van der Waals surface area contributed by atoms with Gasteiger partial charge in [0, 0.05) is 26.4 Å². The molecule has 1 fully saturated rings. The highest BCUT2D eigenvalue weighted by atomic mass is 16.6. The normalized spacial score (nSPS) is 15.5. The summed E-state index contributed by atoms with van der Waals surface area (Å²) in [5.41, 5.74) is 1.38. The summed E-state index contributed by atoms with van der Waals surface area (Å²) in [6, 6.07) is 4.87. The number of ether oxygens (including phenoxy) is 1. The molecular formula is C30H42N4O5. The maximum absolute atomic E-state index is 13.0. The second-order valence-corrected chi connectivity index (χ2v) is 11.2. The van der Waals surface area contributed by atoms with Crippen LogP contribution in [-0.4, -0.2) is 39.2 Å². The molecule has 1 aromatic carbocycles. The fourth-order valence-electron chi connectivity index (χ4n) is 4.83. The smallest absolute Gasteiger partial charge is 0.407 e. The van der Waals surface area contributed by atoms with E-state index in [0.717, 1.165) is 44.1 Å². The van der Waals surface area contributed by atoms with Crippen molar-refractivity contribution in [3.63, 3.8) is 0 Å². The maximum Gasteiger partial charge on any atom is 0.407 e. The highest BCUT2D eigenvalue weighted by molar-refractivity contribution is 6.00. The fraction of sp³-hybridized carbons (Fsp3) is 0.600. The van der Waals surface area contributed by atoms with Gasteiger partial charge in [0.25, 0.3) is 0 Å². The molecule has 0 bridgehead atoms. The molecule has 9 heteroatoms. The van der Waals surface area contributed by atoms with E-state index in [2.05, 4.69) is 22.5 Å². The Morgan fingerprint density at radius 1 is 1.05 bits per heavy atom. The minimum Gasteiger partial charge on any atom is -0.444 e. The molecule has 1 unspecified atom stereocenters. The van der Waals surface area contributed by atoms with Gasteiger partial charge in [-0.1, -0.05) is 56.4 Å². The van der Waals surface area contributed by atoms with Crippen molar-refractivity contribution in [3.05, 3.63) is 34.2 Å². The molecule has 1 aliphatic heterocycles. The number of para-hydroxylation sites is 1. The van der Waals surface area contributed by atoms with E-state index in [1.54, 1.807) is 7.05 Å². The lowest BCUT2D eigenvalue weighted by atomic mass is 10.1. The number of carbonyl (C=O) groups is 3. The molecular weight excluding hydrogens is 496 g/mol. The second-order valence-electron chi connectivity index (χ2n) is 11.2. The summed E-state index contributed by atoms with van der Waals surface area (Å²) < 4.78 is 8.25. The molecule has 9 nitrogen and oxygen atoms in total. The van der Waals surface area contributed by atoms with Gasteiger partial charge in [-0.25, -0.2) is 9.59 Å². The molecule has 2 heterocycles. The summed E-state index contributed by atoms with van der Waals surface area (Å²) in [6.45, 7) is 6.22. The minimum absolute atomic E-state index is 0.214. The largest absolute Gasteiger partial charge is 0.444 e. The first-order valence-electron chi connectivity index (χ1n) is 14.1. The number of carbonyl (C=O) groups excluding carboxylic acids is 3. The SMILES string of the molecule is Cn1c(=O)n(C2CCC(=O)NC2=O)c2cccc(C#CCCCCCCCCCCNC(=O)OC(C)(C)C)c21. The van der Waals surface area contributed by atoms with Gasteiger partial charge >= 0.3 is 11.8 Å². The van der Waals surface area contributed by atoms with Crippen LogP contribution < -0.4 is 16.3 Å². The van der Waals surface area contributed by atoms with Gasteiger partial charge in [0.15, 0.2) is 0 Å². The Morgan fingerprint density at radius 3 is 2.38 bits per heavy atom. The molecule has 1 aliphatic rings. The van der Waals surface area contributed by atoms with E-state index in [0.29, 0.717) is 24.0 Å². The molecule has 0 spiro atoms. The first kappa shape index (κ1) is 30.0. The summed E-state index contributed by atoms with van der Waals surface area (Å²) in [5, 5.41) is 5.14. The number of nitrogens with one attached hydrogen (secondary N) is 2. The van der Waals surface area contributed by atoms with E-state index in [1.165, 1.54) is 28.4 Å². The number of aryl methyl sites for hydroxylation is 1. The number of rotatable bonds is 11. The van der Waals surface area contributed by atoms with Crippen molar-refractivity contribution < 1.29 is 19.1 Å². The average molecular weight is 539 g/mol. The maximum atomic E-state index is 13.0. The van der Waals surface area contributed by atoms with Gasteiger partial charge in [-0.15, -0.1) is 0 Å². The number of hydrogen-bond acceptors (Lipinski definition) is 5. The highest BCUT2D eigenvalue weighted by Crippen LogP contribution is 2.24. The summed E-state index contributed by atoms with van der Waals surface area (Å²) in [7, 11) is 1.69. The molecule has 0 aliphatic carbocycles. The number of alkyl carbamates (subject to hydrolysis) is 1. The minimum atomic E-state index is -0.698. The third-order valence-electron chi connectivity index (χ3n) is 6.74. The summed E-state index contributed by atoms with van der Waals surface area (Å²) in [6.07, 6.45) is 9.91. The highest BCUT2D eigenvalue weighted by Gasteiger charge is 2.31. The molecule has 3 amide bonds. The van der Waals surface area contributed by atoms with Crippen LogP contribution in [-0.2, 0) is 21.4 Å². The Bertz CT molecular complexity index is 1290. The van der Waals surface area contributed by atoms with Gasteiger partial charge in [-0.3, -0.25) is 24.0 Å². The number of hydrogen-bond donors (Lipinski definition) is 2. The molecule has 39 heavy (non-hydrogen) atoms. The zero-order valence-electron chi connectivity index (χ0n) is 23.7. The van der Waals surface area contributed by atoms with E-state index < -0.39 is 17.6 Å². The summed E-state index contributed by atoms with van der Waals surface area (Å²) in [4.78, 5) is 48.6. The Labute approximate surface area is 230 Å². The zero-order chi connectivity index (χ0) is 28.4. The van der Waals surface area contributed by atoms with Crippen LogP contribution in [0.15, 0.2) is 23.0 Å². The van der Waals surface area contributed by atoms with Gasteiger partial charge in [-0.2, -0.15) is 0 Å². The third kappa shape index (κ3) is 8.74. The van der Waals surface area contributed by atoms with Gasteiger partial charge < -0.3 is 10.1 Å². The number of nitrogens with zero attached hydrogens (tertiary/aromatic N) is 2. The number of aromatic nitrogens is 2. The van der Waals surface area contributed by atoms with E-state index in [4.69, 9.17) is 4.74 Å². The monoisotopic (exact) mass is 538 g/mol. The zero-order valence-corrected chi connectivity index (χ0v) is 23.7. The molecule has 0 saturated carbocycles. The molecule has 1 saturated heterocycles. The number of imide groups is 1. The quantitative estimate of drug-likeness (QED) is 0.245. The van der Waals surface area contributed by atoms with Crippen molar-refractivity contribution in [2.24, 2.45) is 7.05 Å². The Kier molecular flexibility index (Phi) is 10.8. The Hall–Kier alpha value is -3.54. The van der Waals surface area contributed by atoms with Crippen molar-refractivity contribution >= 4 is 28.9 Å². The first-order valence-corrected chi connectivity index (χ1v) is 14.1. The van der Waals surface area contributed by atoms with Crippen LogP contribution in [0, 0.1) is 11.8 Å². The Balaban J connectivity index is 1.38. The predicted molar refractivity (Wildman–Crippen MR) is 151 cm³/mol. The summed E-state index contributed by atoms with van der Waals surface area (Å²) in [5.74, 6) is 5.73. The predicted octanol–water partition coefficient (Wildman–Crippen LogP) is 4.70. The van der Waals surface area contributed by atoms with Crippen LogP contribution in [0.2, 0.25) is 0 Å². The van der Waals surface area contributed by atoms with Crippen LogP contribution in [0.4, 0.5) is 4.79 Å². The van der Waals surface area contributed by atoms with Crippen molar-refractivity contribution in [1.29, 1.82) is 0 Å². The van der Waals surface area contributed by atoms with Crippen LogP contribution in [0.3, 0.4) is 0 Å². The third-order valence-corrected chi connectivity index (χ3v) is 6.74. The van der Waals surface area contributed by atoms with Crippen molar-refractivity contribution in [2.45, 2.75) is 103 Å². The average Bonchev–Trinajstić information content (AvgIpc) is 3.11. The molecule has 2 aromatic rings. The molecule has 0 radical (unpaired) electrons. The topological polar surface area (TPSA) is 111 Å². The van der Waals surface area contributed by atoms with Crippen LogP contribution >= 0.6 is 0 Å². The molecule has 1 aromatic heterocycles. The lowest BCUT2D eigenvalue weighted by Crippen LogP contribution is -2.44. The van der Waals surface area contributed by atoms with Crippen LogP contribution in [0.5, 0.6) is 0 Å². The van der Waals surface area contributed by atoms with E-state index >= 15 is 0 Å². The molecule has 212 valence electrons. The van der Waals surface area contributed by atoms with Gasteiger partial charge in [0.1, 0.15) is 11.6 Å². The van der Waals surface area contributed by atoms with Gasteiger partial charge in [0.2, 0.25) is 11.8 Å². The molecule has 3 rings (SSSR count).